The van der Waals surface area contributed by atoms with Crippen LogP contribution in [0.15, 0.2) is 36.5 Å². The van der Waals surface area contributed by atoms with Crippen LogP contribution >= 0.6 is 0 Å². The molecule has 0 aliphatic carbocycles. The lowest BCUT2D eigenvalue weighted by Gasteiger charge is -2.32. The number of piperidine rings is 1. The fraction of sp³-hybridized carbons (Fsp3) is 0.429. The fourth-order valence-electron chi connectivity index (χ4n) is 4.74. The second kappa shape index (κ2) is 7.16. The van der Waals surface area contributed by atoms with Crippen molar-refractivity contribution < 1.29 is 18.3 Å². The first-order chi connectivity index (χ1) is 14.4. The molecule has 0 saturated carbocycles. The number of phenolic OH excluding ortho intramolecular Hbond substituents is 1. The monoisotopic (exact) mass is 417 g/mol. The summed E-state index contributed by atoms with van der Waals surface area (Å²) in [6, 6.07) is 7.32. The molecule has 158 valence electrons. The van der Waals surface area contributed by atoms with E-state index in [1.807, 2.05) is 22.7 Å². The first-order valence-electron chi connectivity index (χ1n) is 10.2. The van der Waals surface area contributed by atoms with Crippen molar-refractivity contribution in [1.29, 1.82) is 0 Å². The second-order valence-corrected chi connectivity index (χ2v) is 8.00. The van der Waals surface area contributed by atoms with Gasteiger partial charge in [0.15, 0.2) is 0 Å². The highest BCUT2D eigenvalue weighted by Crippen LogP contribution is 2.37. The van der Waals surface area contributed by atoms with Crippen LogP contribution in [0.3, 0.4) is 0 Å². The van der Waals surface area contributed by atoms with Gasteiger partial charge in [-0.15, -0.1) is 10.2 Å². The van der Waals surface area contributed by atoms with Crippen LogP contribution in [0.5, 0.6) is 5.75 Å². The normalized spacial score (nSPS) is 22.4. The molecule has 2 aliphatic rings. The summed E-state index contributed by atoms with van der Waals surface area (Å²) in [5.74, 6) is 0.124. The minimum atomic E-state index is -4.52. The van der Waals surface area contributed by atoms with Gasteiger partial charge in [0.2, 0.25) is 5.95 Å². The zero-order valence-corrected chi connectivity index (χ0v) is 16.2. The molecule has 30 heavy (non-hydrogen) atoms. The predicted molar refractivity (Wildman–Crippen MR) is 106 cm³/mol. The van der Waals surface area contributed by atoms with Crippen molar-refractivity contribution in [3.8, 4) is 17.0 Å². The van der Waals surface area contributed by atoms with E-state index < -0.39 is 17.5 Å². The molecular weight excluding hydrogens is 395 g/mol. The van der Waals surface area contributed by atoms with Gasteiger partial charge in [-0.1, -0.05) is 6.42 Å². The number of hydrogen-bond acceptors (Lipinski definition) is 5. The highest BCUT2D eigenvalue weighted by atomic mass is 19.4. The van der Waals surface area contributed by atoms with Gasteiger partial charge < -0.3 is 10.4 Å². The van der Waals surface area contributed by atoms with Crippen molar-refractivity contribution >= 4 is 11.5 Å². The number of nitrogens with zero attached hydrogens (tertiary/aromatic N) is 4. The van der Waals surface area contributed by atoms with E-state index in [9.17, 15) is 18.3 Å². The summed E-state index contributed by atoms with van der Waals surface area (Å²) in [7, 11) is 0. The average molecular weight is 417 g/mol. The molecule has 2 atom stereocenters. The van der Waals surface area contributed by atoms with E-state index in [4.69, 9.17) is 0 Å². The standard InChI is InChI=1S/C21H22F3N5O/c22-21(23,24)13-6-7-14(18(30)12-13)19-17-5-3-10-29(17)20(27-26-19)25-15-8-11-28-9-2-1-4-16(15)28/h3,5-7,10,12,15-16,30H,1-2,4,8-9,11H2,(H,25,27)/t15-,16-/m1/s1. The van der Waals surface area contributed by atoms with Gasteiger partial charge in [-0.2, -0.15) is 13.2 Å². The van der Waals surface area contributed by atoms with E-state index in [1.165, 1.54) is 18.9 Å². The largest absolute Gasteiger partial charge is 0.507 e. The Kier molecular flexibility index (Phi) is 4.57. The van der Waals surface area contributed by atoms with Gasteiger partial charge in [0.25, 0.3) is 0 Å². The van der Waals surface area contributed by atoms with E-state index in [0.29, 0.717) is 23.2 Å². The molecule has 0 amide bonds. The molecule has 0 bridgehead atoms. The first-order valence-corrected chi connectivity index (χ1v) is 10.2. The SMILES string of the molecule is Oc1cc(C(F)(F)F)ccc1-c1nnc(N[C@@H]2CCN3CCCC[C@H]23)n2cccc12. The fourth-order valence-corrected chi connectivity index (χ4v) is 4.74. The third-order valence-corrected chi connectivity index (χ3v) is 6.21. The maximum Gasteiger partial charge on any atom is 0.416 e. The highest BCUT2D eigenvalue weighted by Gasteiger charge is 2.36. The summed E-state index contributed by atoms with van der Waals surface area (Å²) in [6.45, 7) is 2.21. The summed E-state index contributed by atoms with van der Waals surface area (Å²) in [5, 5.41) is 22.3. The maximum atomic E-state index is 12.9. The van der Waals surface area contributed by atoms with Gasteiger partial charge in [0, 0.05) is 30.4 Å². The van der Waals surface area contributed by atoms with E-state index in [1.54, 1.807) is 0 Å². The Balaban J connectivity index is 1.48. The van der Waals surface area contributed by atoms with E-state index in [-0.39, 0.29) is 11.6 Å². The smallest absolute Gasteiger partial charge is 0.416 e. The topological polar surface area (TPSA) is 65.7 Å². The molecule has 2 aromatic heterocycles. The average Bonchev–Trinajstić information content (AvgIpc) is 3.36. The lowest BCUT2D eigenvalue weighted by Crippen LogP contribution is -2.42. The summed E-state index contributed by atoms with van der Waals surface area (Å²) < 4.78 is 40.6. The maximum absolute atomic E-state index is 12.9. The number of benzene rings is 1. The molecule has 2 aliphatic heterocycles. The second-order valence-electron chi connectivity index (χ2n) is 8.00. The lowest BCUT2D eigenvalue weighted by molar-refractivity contribution is -0.137. The summed E-state index contributed by atoms with van der Waals surface area (Å²) >= 11 is 0. The number of aromatic hydroxyl groups is 1. The molecule has 0 unspecified atom stereocenters. The summed E-state index contributed by atoms with van der Waals surface area (Å²) in [6.07, 6.45) is 2.00. The highest BCUT2D eigenvalue weighted by molar-refractivity contribution is 5.81. The molecule has 1 aromatic carbocycles. The first kappa shape index (κ1) is 19.2. The molecule has 2 saturated heterocycles. The Bertz CT molecular complexity index is 1080. The van der Waals surface area contributed by atoms with Crippen LogP contribution in [0, 0.1) is 0 Å². The molecule has 2 fully saturated rings. The molecule has 4 heterocycles. The number of aromatic nitrogens is 3. The van der Waals surface area contributed by atoms with Crippen LogP contribution in [0.25, 0.3) is 16.8 Å². The third kappa shape index (κ3) is 3.27. The van der Waals surface area contributed by atoms with Crippen LogP contribution in [-0.2, 0) is 6.18 Å². The Hall–Kier alpha value is -2.81. The van der Waals surface area contributed by atoms with Crippen molar-refractivity contribution in [2.45, 2.75) is 43.9 Å². The molecule has 0 radical (unpaired) electrons. The summed E-state index contributed by atoms with van der Waals surface area (Å²) in [5.41, 5.74) is 0.313. The number of halogens is 3. The van der Waals surface area contributed by atoms with Gasteiger partial charge in [-0.3, -0.25) is 9.30 Å². The van der Waals surface area contributed by atoms with Gasteiger partial charge in [-0.05, 0) is 56.1 Å². The third-order valence-electron chi connectivity index (χ3n) is 6.21. The summed E-state index contributed by atoms with van der Waals surface area (Å²) in [4.78, 5) is 2.52. The van der Waals surface area contributed by atoms with Crippen molar-refractivity contribution in [3.05, 3.63) is 42.1 Å². The minimum Gasteiger partial charge on any atom is -0.507 e. The quantitative estimate of drug-likeness (QED) is 0.670. The lowest BCUT2D eigenvalue weighted by atomic mass is 9.99. The van der Waals surface area contributed by atoms with E-state index in [0.717, 1.165) is 38.1 Å². The van der Waals surface area contributed by atoms with Crippen molar-refractivity contribution in [2.75, 3.05) is 18.4 Å². The van der Waals surface area contributed by atoms with Crippen LogP contribution in [0.1, 0.15) is 31.2 Å². The number of rotatable bonds is 3. The molecule has 0 spiro atoms. The zero-order chi connectivity index (χ0) is 20.9. The van der Waals surface area contributed by atoms with Gasteiger partial charge in [0.1, 0.15) is 11.4 Å². The molecule has 9 heteroatoms. The number of alkyl halides is 3. The van der Waals surface area contributed by atoms with Crippen LogP contribution in [0.2, 0.25) is 0 Å². The van der Waals surface area contributed by atoms with Gasteiger partial charge in [0.05, 0.1) is 11.1 Å². The Morgan fingerprint density at radius 2 is 1.93 bits per heavy atom. The van der Waals surface area contributed by atoms with Gasteiger partial charge in [-0.25, -0.2) is 0 Å². The number of hydrogen-bond donors (Lipinski definition) is 2. The molecule has 3 aromatic rings. The Morgan fingerprint density at radius 1 is 1.07 bits per heavy atom. The predicted octanol–water partition coefficient (Wildman–Crippen LogP) is 4.16. The zero-order valence-electron chi connectivity index (χ0n) is 16.2. The number of nitrogens with one attached hydrogen (secondary N) is 1. The molecule has 6 nitrogen and oxygen atoms in total. The number of phenols is 1. The number of fused-ring (bicyclic) bond motifs is 2. The van der Waals surface area contributed by atoms with Gasteiger partial charge >= 0.3 is 6.18 Å². The van der Waals surface area contributed by atoms with E-state index in [2.05, 4.69) is 20.4 Å². The van der Waals surface area contributed by atoms with Crippen LogP contribution < -0.4 is 5.32 Å². The van der Waals surface area contributed by atoms with Crippen LogP contribution in [0.4, 0.5) is 19.1 Å². The molecule has 5 rings (SSSR count). The molecule has 2 N–H and O–H groups in total. The van der Waals surface area contributed by atoms with Crippen LogP contribution in [-0.4, -0.2) is 49.8 Å². The van der Waals surface area contributed by atoms with Crippen molar-refractivity contribution in [3.63, 3.8) is 0 Å². The van der Waals surface area contributed by atoms with E-state index >= 15 is 0 Å². The van der Waals surface area contributed by atoms with Crippen molar-refractivity contribution in [2.24, 2.45) is 0 Å². The van der Waals surface area contributed by atoms with Crippen molar-refractivity contribution in [1.82, 2.24) is 19.5 Å². The molecular formula is C21H22F3N5O. The Morgan fingerprint density at radius 3 is 2.73 bits per heavy atom. The minimum absolute atomic E-state index is 0.213. The Labute approximate surface area is 171 Å². The number of anilines is 1.